The zero-order valence-corrected chi connectivity index (χ0v) is 17.7. The minimum atomic E-state index is -0.468. The monoisotopic (exact) mass is 438 g/mol. The van der Waals surface area contributed by atoms with Crippen molar-refractivity contribution in [3.8, 4) is 23.2 Å². The molecule has 0 amide bonds. The third-order valence-corrected chi connectivity index (χ3v) is 5.77. The Balaban J connectivity index is 1.57. The van der Waals surface area contributed by atoms with Crippen molar-refractivity contribution >= 4 is 17.1 Å². The first-order valence-corrected chi connectivity index (χ1v) is 10.2. The average molecular weight is 439 g/mol. The maximum atomic E-state index is 9.20. The van der Waals surface area contributed by atoms with Crippen LogP contribution in [0.25, 0.3) is 16.8 Å². The molecule has 1 unspecified atom stereocenters. The van der Waals surface area contributed by atoms with Gasteiger partial charge in [-0.3, -0.25) is 4.68 Å². The first-order valence-electron chi connectivity index (χ1n) is 9.86. The number of rotatable bonds is 4. The molecule has 0 fully saturated rings. The van der Waals surface area contributed by atoms with Gasteiger partial charge in [-0.1, -0.05) is 11.6 Å². The van der Waals surface area contributed by atoms with Gasteiger partial charge in [0.1, 0.15) is 11.3 Å². The highest BCUT2D eigenvalue weighted by Gasteiger charge is 2.23. The van der Waals surface area contributed by atoms with E-state index in [1.165, 1.54) is 6.39 Å². The van der Waals surface area contributed by atoms with E-state index in [-0.39, 0.29) is 0 Å². The molecule has 1 aliphatic heterocycles. The lowest BCUT2D eigenvalue weighted by atomic mass is 10.1. The van der Waals surface area contributed by atoms with Crippen molar-refractivity contribution < 1.29 is 9.15 Å². The predicted molar refractivity (Wildman–Crippen MR) is 110 cm³/mol. The van der Waals surface area contributed by atoms with Gasteiger partial charge in [0.2, 0.25) is 6.39 Å². The highest BCUT2D eigenvalue weighted by molar-refractivity contribution is 6.34. The number of hydrogen-bond acceptors (Lipinski definition) is 8. The standard InChI is InChI=1S/C20H19ClN8O2/c1-12-16-3-4-27(10-22)5-6-28(16)26-18(12)14-7-17(19-15(21)8-24-29(19)9-14)31-13(2)20-25-23-11-30-20/h7-9,11,13H,3-6H2,1-2H3. The summed E-state index contributed by atoms with van der Waals surface area (Å²) >= 11 is 6.38. The second kappa shape index (κ2) is 7.59. The Kier molecular flexibility index (Phi) is 4.75. The number of fused-ring (bicyclic) bond motifs is 2. The molecule has 0 aromatic carbocycles. The minimum absolute atomic E-state index is 0.367. The molecule has 5 rings (SSSR count). The van der Waals surface area contributed by atoms with Crippen LogP contribution < -0.4 is 4.74 Å². The van der Waals surface area contributed by atoms with E-state index in [1.807, 2.05) is 23.9 Å². The van der Waals surface area contributed by atoms with Crippen molar-refractivity contribution in [3.63, 3.8) is 0 Å². The number of aromatic nitrogens is 6. The summed E-state index contributed by atoms with van der Waals surface area (Å²) in [5.41, 5.74) is 4.57. The summed E-state index contributed by atoms with van der Waals surface area (Å²) in [6, 6.07) is 1.91. The Morgan fingerprint density at radius 1 is 1.32 bits per heavy atom. The summed E-state index contributed by atoms with van der Waals surface area (Å²) < 4.78 is 15.1. The summed E-state index contributed by atoms with van der Waals surface area (Å²) in [7, 11) is 0. The smallest absolute Gasteiger partial charge is 0.256 e. The average Bonchev–Trinajstić information content (AvgIpc) is 3.46. The van der Waals surface area contributed by atoms with Crippen LogP contribution in [-0.2, 0) is 13.0 Å². The number of hydrogen-bond donors (Lipinski definition) is 0. The molecule has 0 aliphatic carbocycles. The first kappa shape index (κ1) is 19.4. The van der Waals surface area contributed by atoms with E-state index in [2.05, 4.69) is 28.4 Å². The zero-order chi connectivity index (χ0) is 21.5. The Bertz CT molecular complexity index is 1290. The van der Waals surface area contributed by atoms with Crippen molar-refractivity contribution in [2.45, 2.75) is 32.9 Å². The maximum absolute atomic E-state index is 9.20. The number of nitriles is 1. The lowest BCUT2D eigenvalue weighted by Crippen LogP contribution is -2.21. The van der Waals surface area contributed by atoms with Gasteiger partial charge in [-0.25, -0.2) is 4.52 Å². The van der Waals surface area contributed by atoms with Crippen molar-refractivity contribution in [1.29, 1.82) is 5.26 Å². The summed E-state index contributed by atoms with van der Waals surface area (Å²) in [6.45, 7) is 5.88. The third-order valence-electron chi connectivity index (χ3n) is 5.50. The second-order valence-electron chi connectivity index (χ2n) is 7.40. The number of nitrogens with zero attached hydrogens (tertiary/aromatic N) is 8. The molecular weight excluding hydrogens is 420 g/mol. The van der Waals surface area contributed by atoms with Gasteiger partial charge >= 0.3 is 0 Å². The number of pyridine rings is 1. The molecule has 0 spiro atoms. The van der Waals surface area contributed by atoms with Crippen LogP contribution >= 0.6 is 11.6 Å². The summed E-state index contributed by atoms with van der Waals surface area (Å²) in [6.07, 6.45) is 7.26. The predicted octanol–water partition coefficient (Wildman–Crippen LogP) is 3.02. The van der Waals surface area contributed by atoms with Gasteiger partial charge in [-0.05, 0) is 25.5 Å². The molecule has 10 nitrogen and oxygen atoms in total. The summed E-state index contributed by atoms with van der Waals surface area (Å²) in [4.78, 5) is 1.76. The van der Waals surface area contributed by atoms with E-state index >= 15 is 0 Å². The Labute approximate surface area is 182 Å². The van der Waals surface area contributed by atoms with E-state index < -0.39 is 6.10 Å². The van der Waals surface area contributed by atoms with Gasteiger partial charge in [-0.15, -0.1) is 10.2 Å². The molecule has 5 heterocycles. The molecule has 0 saturated heterocycles. The fourth-order valence-corrected chi connectivity index (χ4v) is 4.12. The Morgan fingerprint density at radius 3 is 2.97 bits per heavy atom. The molecule has 0 saturated carbocycles. The topological polar surface area (TPSA) is 110 Å². The molecule has 4 aromatic rings. The molecule has 11 heteroatoms. The van der Waals surface area contributed by atoms with Crippen LogP contribution in [0.3, 0.4) is 0 Å². The van der Waals surface area contributed by atoms with Gasteiger partial charge in [0.25, 0.3) is 5.89 Å². The van der Waals surface area contributed by atoms with Gasteiger partial charge in [0.05, 0.1) is 23.5 Å². The summed E-state index contributed by atoms with van der Waals surface area (Å²) in [5.74, 6) is 0.912. The van der Waals surface area contributed by atoms with Crippen LogP contribution in [0.15, 0.2) is 29.3 Å². The van der Waals surface area contributed by atoms with Gasteiger partial charge in [0.15, 0.2) is 12.3 Å². The maximum Gasteiger partial charge on any atom is 0.256 e. The summed E-state index contributed by atoms with van der Waals surface area (Å²) in [5, 5.41) is 26.5. The van der Waals surface area contributed by atoms with Crippen molar-refractivity contribution in [1.82, 2.24) is 34.5 Å². The van der Waals surface area contributed by atoms with E-state index in [0.717, 1.165) is 28.9 Å². The molecule has 0 radical (unpaired) electrons. The number of ether oxygens (including phenoxy) is 1. The van der Waals surface area contributed by atoms with Crippen LogP contribution in [0.1, 0.15) is 30.2 Å². The highest BCUT2D eigenvalue weighted by atomic mass is 35.5. The van der Waals surface area contributed by atoms with Crippen molar-refractivity contribution in [2.75, 3.05) is 13.1 Å². The second-order valence-corrected chi connectivity index (χ2v) is 7.80. The number of halogens is 1. The Hall–Kier alpha value is -3.58. The van der Waals surface area contributed by atoms with E-state index in [0.29, 0.717) is 41.8 Å². The van der Waals surface area contributed by atoms with Crippen molar-refractivity contribution in [3.05, 3.63) is 47.0 Å². The van der Waals surface area contributed by atoms with Gasteiger partial charge in [0, 0.05) is 37.0 Å². The SMILES string of the molecule is Cc1c(-c2cc(OC(C)c3nnco3)c3c(Cl)cnn3c2)nn2c1CCN(C#N)CC2. The Morgan fingerprint density at radius 2 is 2.19 bits per heavy atom. The van der Waals surface area contributed by atoms with Gasteiger partial charge < -0.3 is 14.1 Å². The van der Waals surface area contributed by atoms with Crippen LogP contribution in [0, 0.1) is 18.4 Å². The van der Waals surface area contributed by atoms with Crippen LogP contribution in [0.4, 0.5) is 0 Å². The molecular formula is C20H19ClN8O2. The third kappa shape index (κ3) is 3.37. The fourth-order valence-electron chi connectivity index (χ4n) is 3.90. The zero-order valence-electron chi connectivity index (χ0n) is 17.0. The molecule has 1 atom stereocenters. The molecule has 158 valence electrons. The quantitative estimate of drug-likeness (QED) is 0.447. The molecule has 0 bridgehead atoms. The molecule has 0 N–H and O–H groups in total. The first-order chi connectivity index (χ1) is 15.0. The minimum Gasteiger partial charge on any atom is -0.479 e. The van der Waals surface area contributed by atoms with Crippen LogP contribution in [-0.4, -0.2) is 47.6 Å². The fraction of sp³-hybridized carbons (Fsp3) is 0.350. The van der Waals surface area contributed by atoms with E-state index in [9.17, 15) is 5.26 Å². The normalized spacial score (nSPS) is 14.8. The van der Waals surface area contributed by atoms with Crippen LogP contribution in [0.5, 0.6) is 5.75 Å². The lowest BCUT2D eigenvalue weighted by molar-refractivity contribution is 0.190. The van der Waals surface area contributed by atoms with Gasteiger partial charge in [-0.2, -0.15) is 15.5 Å². The van der Waals surface area contributed by atoms with E-state index in [4.69, 9.17) is 25.9 Å². The van der Waals surface area contributed by atoms with Crippen molar-refractivity contribution in [2.24, 2.45) is 0 Å². The van der Waals surface area contributed by atoms with E-state index in [1.54, 1.807) is 15.6 Å². The lowest BCUT2D eigenvalue weighted by Gasteiger charge is -2.14. The molecule has 4 aromatic heterocycles. The molecule has 1 aliphatic rings. The molecule has 31 heavy (non-hydrogen) atoms. The largest absolute Gasteiger partial charge is 0.479 e. The van der Waals surface area contributed by atoms with Crippen LogP contribution in [0.2, 0.25) is 5.02 Å². The highest BCUT2D eigenvalue weighted by Crippen LogP contribution is 2.35.